The maximum atomic E-state index is 13.6. The van der Waals surface area contributed by atoms with Gasteiger partial charge in [-0.25, -0.2) is 0 Å². The number of fused-ring (bicyclic) bond motifs is 3. The summed E-state index contributed by atoms with van der Waals surface area (Å²) < 4.78 is 2.95. The van der Waals surface area contributed by atoms with Crippen molar-refractivity contribution in [3.05, 3.63) is 67.5 Å². The molecule has 1 aliphatic rings. The molecule has 0 unspecified atom stereocenters. The topological polar surface area (TPSA) is 60.1 Å². The van der Waals surface area contributed by atoms with E-state index in [4.69, 9.17) is 34.8 Å². The molecule has 6 nitrogen and oxygen atoms in total. The zero-order valence-electron chi connectivity index (χ0n) is 16.5. The van der Waals surface area contributed by atoms with Crippen LogP contribution in [0.3, 0.4) is 0 Å². The molecule has 1 fully saturated rings. The van der Waals surface area contributed by atoms with Gasteiger partial charge in [0.1, 0.15) is 5.52 Å². The first-order valence-corrected chi connectivity index (χ1v) is 11.0. The Labute approximate surface area is 192 Å². The minimum atomic E-state index is -0.374. The second-order valence-corrected chi connectivity index (χ2v) is 8.95. The van der Waals surface area contributed by atoms with Crippen LogP contribution in [0.2, 0.25) is 15.1 Å². The first kappa shape index (κ1) is 20.4. The van der Waals surface area contributed by atoms with Crippen molar-refractivity contribution in [3.8, 4) is 5.69 Å². The highest BCUT2D eigenvalue weighted by atomic mass is 35.5. The lowest BCUT2D eigenvalue weighted by Crippen LogP contribution is -2.32. The van der Waals surface area contributed by atoms with Crippen LogP contribution in [0.1, 0.15) is 23.3 Å². The lowest BCUT2D eigenvalue weighted by atomic mass is 10.1. The number of likely N-dealkylation sites (tertiary alicyclic amines) is 1. The van der Waals surface area contributed by atoms with Gasteiger partial charge in [0.15, 0.2) is 5.69 Å². The van der Waals surface area contributed by atoms with Crippen molar-refractivity contribution in [3.63, 3.8) is 0 Å². The van der Waals surface area contributed by atoms with Gasteiger partial charge in [-0.2, -0.15) is 9.78 Å². The number of aromatic nitrogens is 3. The fraction of sp³-hybridized carbons (Fsp3) is 0.227. The van der Waals surface area contributed by atoms with E-state index in [1.807, 2.05) is 6.07 Å². The van der Waals surface area contributed by atoms with Crippen molar-refractivity contribution in [2.45, 2.75) is 12.8 Å². The summed E-state index contributed by atoms with van der Waals surface area (Å²) in [5.74, 6) is -0.202. The van der Waals surface area contributed by atoms with Crippen LogP contribution in [0.15, 0.2) is 41.2 Å². The Hall–Kier alpha value is -2.54. The van der Waals surface area contributed by atoms with E-state index in [1.54, 1.807) is 46.8 Å². The molecule has 0 N–H and O–H groups in total. The molecule has 0 saturated carbocycles. The van der Waals surface area contributed by atoms with E-state index in [9.17, 15) is 9.59 Å². The van der Waals surface area contributed by atoms with Gasteiger partial charge < -0.3 is 9.47 Å². The second-order valence-electron chi connectivity index (χ2n) is 7.64. The zero-order chi connectivity index (χ0) is 21.9. The van der Waals surface area contributed by atoms with Crippen LogP contribution < -0.4 is 5.56 Å². The number of aryl methyl sites for hydroxylation is 1. The molecule has 1 aliphatic heterocycles. The van der Waals surface area contributed by atoms with E-state index in [0.717, 1.165) is 23.7 Å². The molecule has 0 spiro atoms. The van der Waals surface area contributed by atoms with Crippen LogP contribution in [0.4, 0.5) is 0 Å². The first-order valence-electron chi connectivity index (χ1n) is 9.82. The van der Waals surface area contributed by atoms with Crippen LogP contribution >= 0.6 is 34.8 Å². The normalized spacial score (nSPS) is 14.1. The summed E-state index contributed by atoms with van der Waals surface area (Å²) in [7, 11) is 1.78. The number of carbonyl (C=O) groups excluding carboxylic acids is 1. The molecule has 2 aromatic heterocycles. The number of hydrogen-bond donors (Lipinski definition) is 0. The lowest BCUT2D eigenvalue weighted by molar-refractivity contribution is 0.0787. The standard InChI is InChI=1S/C22H17Cl3N4O2/c1-27-17-11-12(23)4-5-16(17)18-19(21(30)28-6-2-3-7-28)26-29(22(31)20(18)27)15-9-13(24)8-14(25)10-15/h4-5,8-11H,2-3,6-7H2,1H3. The third-order valence-corrected chi connectivity index (χ3v) is 6.35. The maximum absolute atomic E-state index is 13.6. The van der Waals surface area contributed by atoms with E-state index in [1.165, 1.54) is 4.68 Å². The fourth-order valence-corrected chi connectivity index (χ4v) is 4.93. The molecule has 0 bridgehead atoms. The summed E-state index contributed by atoms with van der Waals surface area (Å²) in [6.07, 6.45) is 1.90. The highest BCUT2D eigenvalue weighted by Crippen LogP contribution is 2.32. The number of hydrogen-bond acceptors (Lipinski definition) is 3. The largest absolute Gasteiger partial charge is 0.339 e. The number of benzene rings is 2. The highest BCUT2D eigenvalue weighted by molar-refractivity contribution is 6.35. The number of halogens is 3. The molecule has 4 aromatic rings. The van der Waals surface area contributed by atoms with E-state index in [2.05, 4.69) is 5.10 Å². The van der Waals surface area contributed by atoms with Crippen molar-refractivity contribution >= 4 is 62.5 Å². The van der Waals surface area contributed by atoms with Crippen LogP contribution in [0.25, 0.3) is 27.5 Å². The van der Waals surface area contributed by atoms with Gasteiger partial charge in [0, 0.05) is 46.0 Å². The van der Waals surface area contributed by atoms with Gasteiger partial charge in [0.25, 0.3) is 11.5 Å². The smallest absolute Gasteiger partial charge is 0.296 e. The third-order valence-electron chi connectivity index (χ3n) is 5.68. The summed E-state index contributed by atoms with van der Waals surface area (Å²) in [6.45, 7) is 1.33. The summed E-state index contributed by atoms with van der Waals surface area (Å²) >= 11 is 18.5. The Morgan fingerprint density at radius 2 is 1.65 bits per heavy atom. The van der Waals surface area contributed by atoms with Crippen molar-refractivity contribution in [1.29, 1.82) is 0 Å². The molecular formula is C22H17Cl3N4O2. The molecule has 1 saturated heterocycles. The van der Waals surface area contributed by atoms with Crippen LogP contribution in [0, 0.1) is 0 Å². The average Bonchev–Trinajstić information content (AvgIpc) is 3.35. The molecule has 0 aliphatic carbocycles. The van der Waals surface area contributed by atoms with E-state index in [0.29, 0.717) is 44.7 Å². The minimum absolute atomic E-state index is 0.202. The fourth-order valence-electron chi connectivity index (χ4n) is 4.25. The van der Waals surface area contributed by atoms with Crippen molar-refractivity contribution < 1.29 is 4.79 Å². The van der Waals surface area contributed by atoms with Gasteiger partial charge in [0.05, 0.1) is 11.2 Å². The molecule has 0 radical (unpaired) electrons. The molecular weight excluding hydrogens is 459 g/mol. The Bertz CT molecular complexity index is 1410. The summed E-state index contributed by atoms with van der Waals surface area (Å²) in [5, 5.41) is 7.09. The Balaban J connectivity index is 1.91. The SMILES string of the molecule is Cn1c2cc(Cl)ccc2c2c(C(=O)N3CCCC3)nn(-c3cc(Cl)cc(Cl)c3)c(=O)c21. The van der Waals surface area contributed by atoms with Gasteiger partial charge in [-0.1, -0.05) is 40.9 Å². The van der Waals surface area contributed by atoms with Crippen LogP contribution in [0.5, 0.6) is 0 Å². The van der Waals surface area contributed by atoms with Gasteiger partial charge in [-0.3, -0.25) is 9.59 Å². The molecule has 158 valence electrons. The van der Waals surface area contributed by atoms with E-state index < -0.39 is 0 Å². The number of nitrogens with zero attached hydrogens (tertiary/aromatic N) is 4. The molecule has 3 heterocycles. The number of amides is 1. The molecule has 9 heteroatoms. The van der Waals surface area contributed by atoms with Crippen LogP contribution in [-0.2, 0) is 7.05 Å². The van der Waals surface area contributed by atoms with Crippen LogP contribution in [-0.4, -0.2) is 38.2 Å². The van der Waals surface area contributed by atoms with E-state index in [-0.39, 0.29) is 17.2 Å². The Morgan fingerprint density at radius 1 is 0.968 bits per heavy atom. The number of carbonyl (C=O) groups is 1. The highest BCUT2D eigenvalue weighted by Gasteiger charge is 2.28. The molecule has 31 heavy (non-hydrogen) atoms. The van der Waals surface area contributed by atoms with E-state index >= 15 is 0 Å². The monoisotopic (exact) mass is 474 g/mol. The predicted molar refractivity (Wildman–Crippen MR) is 124 cm³/mol. The molecule has 5 rings (SSSR count). The maximum Gasteiger partial charge on any atom is 0.296 e. The van der Waals surface area contributed by atoms with Gasteiger partial charge in [-0.15, -0.1) is 0 Å². The van der Waals surface area contributed by atoms with Gasteiger partial charge in [0.2, 0.25) is 0 Å². The van der Waals surface area contributed by atoms with Crippen molar-refractivity contribution in [2.75, 3.05) is 13.1 Å². The number of rotatable bonds is 2. The van der Waals surface area contributed by atoms with Crippen molar-refractivity contribution in [1.82, 2.24) is 19.2 Å². The summed E-state index contributed by atoms with van der Waals surface area (Å²) in [4.78, 5) is 28.8. The Kier molecular flexibility index (Phi) is 4.96. The van der Waals surface area contributed by atoms with Gasteiger partial charge >= 0.3 is 0 Å². The molecule has 2 aromatic carbocycles. The average molecular weight is 476 g/mol. The molecule has 1 amide bonds. The Morgan fingerprint density at radius 3 is 2.32 bits per heavy atom. The minimum Gasteiger partial charge on any atom is -0.339 e. The third kappa shape index (κ3) is 3.30. The summed E-state index contributed by atoms with van der Waals surface area (Å²) in [6, 6.07) is 10.1. The van der Waals surface area contributed by atoms with Gasteiger partial charge in [-0.05, 0) is 43.2 Å². The first-order chi connectivity index (χ1) is 14.8. The second kappa shape index (κ2) is 7.55. The quantitative estimate of drug-likeness (QED) is 0.406. The summed E-state index contributed by atoms with van der Waals surface area (Å²) in [5.41, 5.74) is 1.36. The van der Waals surface area contributed by atoms with Crippen molar-refractivity contribution in [2.24, 2.45) is 7.05 Å². The predicted octanol–water partition coefficient (Wildman–Crippen LogP) is 5.07. The lowest BCUT2D eigenvalue weighted by Gasteiger charge is -2.16. The molecule has 0 atom stereocenters. The zero-order valence-corrected chi connectivity index (χ0v) is 18.8.